The molecule has 3 aromatic rings. The number of aromatic nitrogens is 4. The first-order chi connectivity index (χ1) is 13.3. The van der Waals surface area contributed by atoms with Gasteiger partial charge in [0.25, 0.3) is 0 Å². The third kappa shape index (κ3) is 4.24. The van der Waals surface area contributed by atoms with Gasteiger partial charge < -0.3 is 19.7 Å². The van der Waals surface area contributed by atoms with Crippen LogP contribution >= 0.6 is 0 Å². The lowest BCUT2D eigenvalue weighted by Gasteiger charge is -2.12. The van der Waals surface area contributed by atoms with Gasteiger partial charge in [-0.15, -0.1) is 0 Å². The third-order valence-electron chi connectivity index (χ3n) is 4.46. The molecule has 2 heterocycles. The number of hydrogen-bond donors (Lipinski definition) is 2. The third-order valence-corrected chi connectivity index (χ3v) is 4.46. The van der Waals surface area contributed by atoms with E-state index in [1.165, 1.54) is 0 Å². The highest BCUT2D eigenvalue weighted by Crippen LogP contribution is 2.25. The summed E-state index contributed by atoms with van der Waals surface area (Å²) in [6.07, 6.45) is 2.27. The van der Waals surface area contributed by atoms with E-state index in [0.717, 1.165) is 11.4 Å². The molecule has 0 amide bonds. The van der Waals surface area contributed by atoms with Gasteiger partial charge in [0, 0.05) is 11.7 Å². The smallest absolute Gasteiger partial charge is 0.209 e. The quantitative estimate of drug-likeness (QED) is 0.658. The predicted molar refractivity (Wildman–Crippen MR) is 110 cm³/mol. The second-order valence-corrected chi connectivity index (χ2v) is 7.04. The molecule has 0 spiro atoms. The van der Waals surface area contributed by atoms with Crippen LogP contribution in [0.25, 0.3) is 11.2 Å². The molecule has 2 N–H and O–H groups in total. The lowest BCUT2D eigenvalue weighted by Crippen LogP contribution is -2.19. The largest absolute Gasteiger partial charge is 0.497 e. The molecule has 146 valence electrons. The van der Waals surface area contributed by atoms with Crippen molar-refractivity contribution in [1.82, 2.24) is 19.5 Å². The Morgan fingerprint density at radius 1 is 1.25 bits per heavy atom. The summed E-state index contributed by atoms with van der Waals surface area (Å²) in [6, 6.07) is 7.73. The highest BCUT2D eigenvalue weighted by Gasteiger charge is 2.16. The summed E-state index contributed by atoms with van der Waals surface area (Å²) < 4.78 is 7.17. The Bertz CT molecular complexity index is 1030. The van der Waals surface area contributed by atoms with Crippen molar-refractivity contribution < 1.29 is 9.84 Å². The van der Waals surface area contributed by atoms with Gasteiger partial charge >= 0.3 is 0 Å². The first-order valence-corrected chi connectivity index (χ1v) is 9.24. The Balaban J connectivity index is 2.08. The molecule has 0 saturated carbocycles. The summed E-state index contributed by atoms with van der Waals surface area (Å²) in [7, 11) is 1.63. The Morgan fingerprint density at radius 2 is 1.96 bits per heavy atom. The van der Waals surface area contributed by atoms with E-state index in [-0.39, 0.29) is 6.04 Å². The average molecular weight is 379 g/mol. The van der Waals surface area contributed by atoms with Crippen molar-refractivity contribution in [2.45, 2.75) is 45.8 Å². The van der Waals surface area contributed by atoms with E-state index in [1.54, 1.807) is 20.4 Å². The predicted octanol–water partition coefficient (Wildman–Crippen LogP) is 3.67. The molecule has 0 unspecified atom stereocenters. The second kappa shape index (κ2) is 7.87. The number of fused-ring (bicyclic) bond motifs is 1. The van der Waals surface area contributed by atoms with Gasteiger partial charge in [0.2, 0.25) is 5.82 Å². The van der Waals surface area contributed by atoms with E-state index in [1.807, 2.05) is 35.8 Å². The van der Waals surface area contributed by atoms with Gasteiger partial charge in [-0.1, -0.05) is 12.8 Å². The zero-order valence-electron chi connectivity index (χ0n) is 16.8. The molecule has 0 aliphatic rings. The van der Waals surface area contributed by atoms with E-state index in [9.17, 15) is 5.11 Å². The standard InChI is InChI=1S/C21H25N5O2/c1-6-21(4,27)12-11-17-24-19(23-15-7-9-16(28-5)10-8-15)18-20(25-17)26(13-22-18)14(2)3/h7-10,13-14,27H,6H2,1-5H3,(H,23,24,25)/t21-/m1/s1. The van der Waals surface area contributed by atoms with Crippen LogP contribution in [0.2, 0.25) is 0 Å². The summed E-state index contributed by atoms with van der Waals surface area (Å²) in [5.74, 6) is 7.42. The fraction of sp³-hybridized carbons (Fsp3) is 0.381. The van der Waals surface area contributed by atoms with Crippen LogP contribution < -0.4 is 10.1 Å². The zero-order chi connectivity index (χ0) is 20.3. The van der Waals surface area contributed by atoms with Crippen LogP contribution in [0.3, 0.4) is 0 Å². The molecule has 7 nitrogen and oxygen atoms in total. The Kier molecular flexibility index (Phi) is 5.52. The van der Waals surface area contributed by atoms with Gasteiger partial charge in [-0.2, -0.15) is 0 Å². The Hall–Kier alpha value is -3.11. The minimum Gasteiger partial charge on any atom is -0.497 e. The topological polar surface area (TPSA) is 85.1 Å². The minimum atomic E-state index is -1.08. The molecule has 0 saturated heterocycles. The SMILES string of the molecule is CC[C@@](C)(O)C#Cc1nc(Nc2ccc(OC)cc2)c2ncn(C(C)C)c2n1. The number of aliphatic hydroxyl groups is 1. The van der Waals surface area contributed by atoms with E-state index >= 15 is 0 Å². The number of ether oxygens (including phenoxy) is 1. The van der Waals surface area contributed by atoms with Gasteiger partial charge in [0.1, 0.15) is 11.4 Å². The number of rotatable bonds is 5. The summed E-state index contributed by atoms with van der Waals surface area (Å²) in [6.45, 7) is 7.68. The maximum atomic E-state index is 10.2. The van der Waals surface area contributed by atoms with E-state index < -0.39 is 5.60 Å². The lowest BCUT2D eigenvalue weighted by atomic mass is 10.1. The lowest BCUT2D eigenvalue weighted by molar-refractivity contribution is 0.118. The molecule has 1 aromatic carbocycles. The molecule has 7 heteroatoms. The number of benzene rings is 1. The van der Waals surface area contributed by atoms with E-state index in [2.05, 4.69) is 46.0 Å². The van der Waals surface area contributed by atoms with Crippen molar-refractivity contribution in [3.05, 3.63) is 36.4 Å². The Morgan fingerprint density at radius 3 is 2.57 bits per heavy atom. The second-order valence-electron chi connectivity index (χ2n) is 7.04. The molecule has 0 radical (unpaired) electrons. The molecule has 0 aliphatic carbocycles. The van der Waals surface area contributed by atoms with Crippen LogP contribution in [-0.4, -0.2) is 37.3 Å². The number of methoxy groups -OCH3 is 1. The summed E-state index contributed by atoms with van der Waals surface area (Å²) >= 11 is 0. The molecular formula is C21H25N5O2. The van der Waals surface area contributed by atoms with Gasteiger partial charge in [0.05, 0.1) is 13.4 Å². The summed E-state index contributed by atoms with van der Waals surface area (Å²) in [5, 5.41) is 13.5. The maximum absolute atomic E-state index is 10.2. The molecule has 0 bridgehead atoms. The highest BCUT2D eigenvalue weighted by atomic mass is 16.5. The molecular weight excluding hydrogens is 354 g/mol. The fourth-order valence-corrected chi connectivity index (χ4v) is 2.53. The maximum Gasteiger partial charge on any atom is 0.209 e. The number of nitrogens with zero attached hydrogens (tertiary/aromatic N) is 4. The summed E-state index contributed by atoms with van der Waals surface area (Å²) in [5.41, 5.74) is 1.12. The molecule has 3 rings (SSSR count). The molecule has 0 aliphatic heterocycles. The van der Waals surface area contributed by atoms with Gasteiger partial charge in [-0.25, -0.2) is 15.0 Å². The first kappa shape index (κ1) is 19.6. The molecule has 2 aromatic heterocycles. The van der Waals surface area contributed by atoms with Crippen molar-refractivity contribution in [1.29, 1.82) is 0 Å². The summed E-state index contributed by atoms with van der Waals surface area (Å²) in [4.78, 5) is 13.6. The minimum absolute atomic E-state index is 0.188. The van der Waals surface area contributed by atoms with Crippen LogP contribution in [0.5, 0.6) is 5.75 Å². The van der Waals surface area contributed by atoms with Crippen molar-refractivity contribution >= 4 is 22.7 Å². The van der Waals surface area contributed by atoms with Crippen molar-refractivity contribution in [3.63, 3.8) is 0 Å². The van der Waals surface area contributed by atoms with Crippen LogP contribution in [0.4, 0.5) is 11.5 Å². The Labute approximate surface area is 164 Å². The molecule has 1 atom stereocenters. The number of anilines is 2. The molecule has 28 heavy (non-hydrogen) atoms. The van der Waals surface area contributed by atoms with Crippen molar-refractivity contribution in [2.24, 2.45) is 0 Å². The van der Waals surface area contributed by atoms with Crippen LogP contribution in [-0.2, 0) is 0 Å². The van der Waals surface area contributed by atoms with Gasteiger partial charge in [-0.3, -0.25) is 0 Å². The molecule has 0 fully saturated rings. The van der Waals surface area contributed by atoms with E-state index in [0.29, 0.717) is 29.2 Å². The first-order valence-electron chi connectivity index (χ1n) is 9.24. The van der Waals surface area contributed by atoms with Crippen LogP contribution in [0, 0.1) is 11.8 Å². The van der Waals surface area contributed by atoms with Crippen molar-refractivity contribution in [2.75, 3.05) is 12.4 Å². The monoisotopic (exact) mass is 379 g/mol. The van der Waals surface area contributed by atoms with Gasteiger partial charge in [-0.05, 0) is 57.4 Å². The number of nitrogens with one attached hydrogen (secondary N) is 1. The van der Waals surface area contributed by atoms with Gasteiger partial charge in [0.15, 0.2) is 17.0 Å². The normalized spacial score (nSPS) is 13.1. The highest BCUT2D eigenvalue weighted by molar-refractivity contribution is 5.85. The number of imidazole rings is 1. The van der Waals surface area contributed by atoms with E-state index in [4.69, 9.17) is 4.74 Å². The zero-order valence-corrected chi connectivity index (χ0v) is 16.8. The number of hydrogen-bond acceptors (Lipinski definition) is 6. The van der Waals surface area contributed by atoms with Crippen LogP contribution in [0.1, 0.15) is 46.0 Å². The average Bonchev–Trinajstić information content (AvgIpc) is 3.12. The van der Waals surface area contributed by atoms with Crippen molar-refractivity contribution in [3.8, 4) is 17.6 Å². The fourth-order valence-electron chi connectivity index (χ4n) is 2.53. The van der Waals surface area contributed by atoms with Crippen LogP contribution in [0.15, 0.2) is 30.6 Å².